The highest BCUT2D eigenvalue weighted by Crippen LogP contribution is 2.35. The smallest absolute Gasteiger partial charge is 0.229 e. The average Bonchev–Trinajstić information content (AvgIpc) is 2.96. The summed E-state index contributed by atoms with van der Waals surface area (Å²) >= 11 is 0. The maximum absolute atomic E-state index is 12.8. The quantitative estimate of drug-likeness (QED) is 0.156. The fourth-order valence-electron chi connectivity index (χ4n) is 4.69. The topological polar surface area (TPSA) is 238 Å². The van der Waals surface area contributed by atoms with Crippen molar-refractivity contribution in [1.29, 1.82) is 0 Å². The van der Waals surface area contributed by atoms with E-state index in [-0.39, 0.29) is 40.6 Å². The molecule has 2 saturated heterocycles. The molecule has 42 heavy (non-hydrogen) atoms. The number of aromatic hydroxyl groups is 2. The van der Waals surface area contributed by atoms with E-state index in [1.165, 1.54) is 31.4 Å². The highest BCUT2D eigenvalue weighted by Gasteiger charge is 2.46. The number of phenolic OH excluding ortho intramolecular Hbond substituents is 2. The third-order valence-electron chi connectivity index (χ3n) is 7.05. The summed E-state index contributed by atoms with van der Waals surface area (Å²) in [6.07, 6.45) is -14.0. The normalized spacial score (nSPS) is 31.6. The molecule has 5 rings (SSSR count). The summed E-state index contributed by atoms with van der Waals surface area (Å²) in [6, 6.07) is 7.75. The Hall–Kier alpha value is -3.51. The van der Waals surface area contributed by atoms with Crippen LogP contribution in [0.5, 0.6) is 23.0 Å². The van der Waals surface area contributed by atoms with E-state index in [0.717, 1.165) is 12.1 Å². The lowest BCUT2D eigenvalue weighted by molar-refractivity contribution is -0.307. The molecule has 3 heterocycles. The molecule has 2 fully saturated rings. The molecule has 0 spiro atoms. The van der Waals surface area contributed by atoms with Gasteiger partial charge >= 0.3 is 0 Å². The van der Waals surface area contributed by atoms with Gasteiger partial charge in [0.2, 0.25) is 6.29 Å². The number of aliphatic hydroxyl groups excluding tert-OH is 6. The van der Waals surface area contributed by atoms with Crippen LogP contribution in [0.15, 0.2) is 45.6 Å². The number of benzene rings is 2. The van der Waals surface area contributed by atoms with Crippen LogP contribution in [0.4, 0.5) is 0 Å². The van der Waals surface area contributed by atoms with Crippen LogP contribution in [0.2, 0.25) is 0 Å². The molecule has 9 atom stereocenters. The zero-order chi connectivity index (χ0) is 30.3. The first-order valence-electron chi connectivity index (χ1n) is 12.8. The van der Waals surface area contributed by atoms with Gasteiger partial charge in [0.05, 0.1) is 20.3 Å². The first-order chi connectivity index (χ1) is 20.0. The van der Waals surface area contributed by atoms with Gasteiger partial charge < -0.3 is 69.0 Å². The standard InChI is InChI=1S/C27H30O15/c1-37-17-4-10(2-3-12(17)28)16-7-14(30)20-13(29)5-11(6-18(20)41-16)40-27-25(36)23(34)22(33)19(42-27)9-39-26-24(35)21(32)15(31)8-38-26/h2-7,15,19,21-29,31-36H,8-9H2,1H3/t15-,19+,21-,22+,23-,24+,25+,26-,27+/m0/s1. The lowest BCUT2D eigenvalue weighted by Gasteiger charge is -2.41. The zero-order valence-corrected chi connectivity index (χ0v) is 22.0. The van der Waals surface area contributed by atoms with Crippen LogP contribution >= 0.6 is 0 Å². The lowest BCUT2D eigenvalue weighted by Crippen LogP contribution is -2.61. The van der Waals surface area contributed by atoms with Gasteiger partial charge in [0.1, 0.15) is 71.0 Å². The molecule has 0 bridgehead atoms. The molecule has 8 N–H and O–H groups in total. The molecule has 0 unspecified atom stereocenters. The molecular formula is C27H30O15. The van der Waals surface area contributed by atoms with E-state index in [9.17, 15) is 45.6 Å². The Labute approximate surface area is 236 Å². The van der Waals surface area contributed by atoms with Crippen LogP contribution in [0.1, 0.15) is 0 Å². The van der Waals surface area contributed by atoms with Crippen LogP contribution in [0.25, 0.3) is 22.3 Å². The Balaban J connectivity index is 1.37. The number of hydrogen-bond acceptors (Lipinski definition) is 15. The van der Waals surface area contributed by atoms with Crippen molar-refractivity contribution in [2.75, 3.05) is 20.3 Å². The minimum atomic E-state index is -1.77. The van der Waals surface area contributed by atoms with Crippen LogP contribution in [-0.2, 0) is 14.2 Å². The largest absolute Gasteiger partial charge is 0.507 e. The van der Waals surface area contributed by atoms with E-state index in [1.54, 1.807) is 0 Å². The van der Waals surface area contributed by atoms with E-state index in [4.69, 9.17) is 28.1 Å². The summed E-state index contributed by atoms with van der Waals surface area (Å²) in [5.74, 6) is -0.563. The fourth-order valence-corrected chi connectivity index (χ4v) is 4.69. The van der Waals surface area contributed by atoms with Crippen molar-refractivity contribution in [3.05, 3.63) is 46.6 Å². The van der Waals surface area contributed by atoms with Crippen molar-refractivity contribution in [3.63, 3.8) is 0 Å². The Morgan fingerprint density at radius 3 is 2.33 bits per heavy atom. The molecule has 2 aliphatic rings. The average molecular weight is 595 g/mol. The third kappa shape index (κ3) is 5.74. The molecule has 0 radical (unpaired) electrons. The van der Waals surface area contributed by atoms with Gasteiger partial charge in [-0.1, -0.05) is 0 Å². The van der Waals surface area contributed by atoms with Crippen LogP contribution in [-0.4, -0.2) is 116 Å². The molecule has 3 aromatic rings. The van der Waals surface area contributed by atoms with E-state index in [1.807, 2.05) is 0 Å². The Morgan fingerprint density at radius 1 is 0.857 bits per heavy atom. The predicted octanol–water partition coefficient (Wildman–Crippen LogP) is -1.48. The Kier molecular flexibility index (Phi) is 8.56. The summed E-state index contributed by atoms with van der Waals surface area (Å²) in [4.78, 5) is 12.8. The second-order valence-electron chi connectivity index (χ2n) is 9.89. The molecule has 15 nitrogen and oxygen atoms in total. The van der Waals surface area contributed by atoms with Gasteiger partial charge in [0.15, 0.2) is 23.2 Å². The van der Waals surface area contributed by atoms with Gasteiger partial charge in [-0.2, -0.15) is 0 Å². The number of hydrogen-bond donors (Lipinski definition) is 8. The SMILES string of the molecule is COc1cc(-c2cc(=O)c3c(O)cc(O[C@@H]4O[C@H](CO[C@@H]5OC[C@H](O)[C@H](O)[C@H]5O)[C@@H](O)[C@H](O)[C@H]4O)cc3o2)ccc1O. The van der Waals surface area contributed by atoms with Crippen molar-refractivity contribution < 1.29 is 69.0 Å². The second-order valence-corrected chi connectivity index (χ2v) is 9.89. The van der Waals surface area contributed by atoms with E-state index in [2.05, 4.69) is 0 Å². The summed E-state index contributed by atoms with van der Waals surface area (Å²) in [6.45, 7) is -0.819. The highest BCUT2D eigenvalue weighted by molar-refractivity contribution is 5.86. The van der Waals surface area contributed by atoms with Crippen molar-refractivity contribution in [1.82, 2.24) is 0 Å². The predicted molar refractivity (Wildman–Crippen MR) is 139 cm³/mol. The monoisotopic (exact) mass is 594 g/mol. The van der Waals surface area contributed by atoms with Crippen molar-refractivity contribution in [2.45, 2.75) is 55.3 Å². The number of methoxy groups -OCH3 is 1. The molecule has 0 saturated carbocycles. The van der Waals surface area contributed by atoms with Gasteiger partial charge in [-0.05, 0) is 18.2 Å². The number of rotatable bonds is 7. The Bertz CT molecular complexity index is 1470. The highest BCUT2D eigenvalue weighted by atomic mass is 16.7. The molecule has 2 aliphatic heterocycles. The lowest BCUT2D eigenvalue weighted by atomic mass is 9.99. The molecule has 0 amide bonds. The summed E-state index contributed by atoms with van der Waals surface area (Å²) < 4.78 is 32.7. The van der Waals surface area contributed by atoms with E-state index in [0.29, 0.717) is 5.56 Å². The van der Waals surface area contributed by atoms with Crippen molar-refractivity contribution >= 4 is 11.0 Å². The van der Waals surface area contributed by atoms with Gasteiger partial charge in [-0.25, -0.2) is 0 Å². The molecule has 2 aromatic carbocycles. The van der Waals surface area contributed by atoms with Gasteiger partial charge in [0, 0.05) is 23.8 Å². The van der Waals surface area contributed by atoms with Crippen LogP contribution in [0.3, 0.4) is 0 Å². The number of fused-ring (bicyclic) bond motifs is 1. The van der Waals surface area contributed by atoms with Crippen LogP contribution < -0.4 is 14.9 Å². The molecule has 228 valence electrons. The third-order valence-corrected chi connectivity index (χ3v) is 7.05. The van der Waals surface area contributed by atoms with Gasteiger partial charge in [-0.15, -0.1) is 0 Å². The van der Waals surface area contributed by atoms with Gasteiger partial charge in [-0.3, -0.25) is 4.79 Å². The fraction of sp³-hybridized carbons (Fsp3) is 0.444. The molecule has 1 aromatic heterocycles. The number of ether oxygens (including phenoxy) is 5. The minimum Gasteiger partial charge on any atom is -0.507 e. The van der Waals surface area contributed by atoms with Crippen molar-refractivity contribution in [2.24, 2.45) is 0 Å². The number of aliphatic hydroxyl groups is 6. The molecule has 15 heteroatoms. The Morgan fingerprint density at radius 2 is 1.60 bits per heavy atom. The summed E-state index contributed by atoms with van der Waals surface area (Å²) in [7, 11) is 1.36. The summed E-state index contributed by atoms with van der Waals surface area (Å²) in [5.41, 5.74) is -0.305. The van der Waals surface area contributed by atoms with E-state index < -0.39 is 73.1 Å². The summed E-state index contributed by atoms with van der Waals surface area (Å²) in [5, 5.41) is 81.1. The van der Waals surface area contributed by atoms with Gasteiger partial charge in [0.25, 0.3) is 0 Å². The zero-order valence-electron chi connectivity index (χ0n) is 22.0. The maximum atomic E-state index is 12.8. The second kappa shape index (κ2) is 12.0. The minimum absolute atomic E-state index is 0.0804. The maximum Gasteiger partial charge on any atom is 0.229 e. The van der Waals surface area contributed by atoms with Crippen LogP contribution in [0, 0.1) is 0 Å². The number of phenols is 2. The molecule has 0 aliphatic carbocycles. The van der Waals surface area contributed by atoms with Crippen molar-refractivity contribution in [3.8, 4) is 34.3 Å². The first-order valence-corrected chi connectivity index (χ1v) is 12.8. The first kappa shape index (κ1) is 30.0. The molecular weight excluding hydrogens is 564 g/mol. The van der Waals surface area contributed by atoms with E-state index >= 15 is 0 Å².